The van der Waals surface area contributed by atoms with Crippen molar-refractivity contribution in [1.82, 2.24) is 14.9 Å². The van der Waals surface area contributed by atoms with Crippen LogP contribution in [0.5, 0.6) is 0 Å². The molecule has 2 aromatic heterocycles. The zero-order valence-electron chi connectivity index (χ0n) is 11.5. The number of fused-ring (bicyclic) bond motifs is 1. The Kier molecular flexibility index (Phi) is 3.93. The summed E-state index contributed by atoms with van der Waals surface area (Å²) in [4.78, 5) is 27.9. The third-order valence-corrected chi connectivity index (χ3v) is 3.36. The molecule has 0 saturated heterocycles. The molecule has 0 spiro atoms. The van der Waals surface area contributed by atoms with Gasteiger partial charge >= 0.3 is 5.76 Å². The zero-order valence-corrected chi connectivity index (χ0v) is 12.2. The highest BCUT2D eigenvalue weighted by molar-refractivity contribution is 6.31. The number of pyridine rings is 1. The van der Waals surface area contributed by atoms with Crippen LogP contribution in [-0.2, 0) is 17.9 Å². The fourth-order valence-electron chi connectivity index (χ4n) is 2.08. The monoisotopic (exact) mass is 317 g/mol. The number of rotatable bonds is 4. The van der Waals surface area contributed by atoms with Crippen LogP contribution in [0.2, 0.25) is 5.02 Å². The molecule has 0 aliphatic heterocycles. The first-order valence-electron chi connectivity index (χ1n) is 6.59. The maximum absolute atomic E-state index is 12.0. The Balaban J connectivity index is 1.74. The molecule has 22 heavy (non-hydrogen) atoms. The molecule has 112 valence electrons. The lowest BCUT2D eigenvalue weighted by molar-refractivity contribution is -0.121. The average molecular weight is 318 g/mol. The molecule has 0 aliphatic carbocycles. The van der Waals surface area contributed by atoms with Crippen molar-refractivity contribution >= 4 is 28.6 Å². The van der Waals surface area contributed by atoms with Gasteiger partial charge in [-0.3, -0.25) is 14.3 Å². The second-order valence-corrected chi connectivity index (χ2v) is 5.10. The lowest BCUT2D eigenvalue weighted by Gasteiger charge is -2.05. The summed E-state index contributed by atoms with van der Waals surface area (Å²) in [6.45, 7) is 0.177. The van der Waals surface area contributed by atoms with Crippen LogP contribution in [0, 0.1) is 0 Å². The number of hydrogen-bond donors (Lipinski definition) is 1. The Labute approximate surface area is 130 Å². The number of amides is 1. The van der Waals surface area contributed by atoms with Gasteiger partial charge in [0, 0.05) is 17.3 Å². The first-order chi connectivity index (χ1) is 10.6. The predicted molar refractivity (Wildman–Crippen MR) is 81.6 cm³/mol. The Bertz CT molecular complexity index is 871. The Morgan fingerprint density at radius 1 is 1.32 bits per heavy atom. The number of carbonyl (C=O) groups is 1. The molecule has 6 nitrogen and oxygen atoms in total. The summed E-state index contributed by atoms with van der Waals surface area (Å²) in [5.41, 5.74) is 1.63. The molecule has 0 saturated carbocycles. The number of aromatic nitrogens is 2. The van der Waals surface area contributed by atoms with E-state index in [-0.39, 0.29) is 12.5 Å². The average Bonchev–Trinajstić information content (AvgIpc) is 2.81. The van der Waals surface area contributed by atoms with Gasteiger partial charge in [-0.05, 0) is 24.3 Å². The van der Waals surface area contributed by atoms with E-state index in [0.717, 1.165) is 5.69 Å². The van der Waals surface area contributed by atoms with Crippen LogP contribution in [0.25, 0.3) is 11.1 Å². The van der Waals surface area contributed by atoms with Crippen LogP contribution in [0.15, 0.2) is 51.8 Å². The van der Waals surface area contributed by atoms with E-state index < -0.39 is 5.76 Å². The fourth-order valence-corrected chi connectivity index (χ4v) is 2.24. The van der Waals surface area contributed by atoms with Crippen molar-refractivity contribution in [2.45, 2.75) is 13.1 Å². The molecule has 1 amide bonds. The summed E-state index contributed by atoms with van der Waals surface area (Å²) in [7, 11) is 0. The van der Waals surface area contributed by atoms with Crippen molar-refractivity contribution in [2.24, 2.45) is 0 Å². The van der Waals surface area contributed by atoms with E-state index in [2.05, 4.69) is 10.3 Å². The second kappa shape index (κ2) is 6.03. The molecule has 0 radical (unpaired) electrons. The molecule has 3 rings (SSSR count). The van der Waals surface area contributed by atoms with Crippen molar-refractivity contribution in [3.8, 4) is 0 Å². The molecular weight excluding hydrogens is 306 g/mol. The highest BCUT2D eigenvalue weighted by Crippen LogP contribution is 2.18. The summed E-state index contributed by atoms with van der Waals surface area (Å²) in [6, 6.07) is 10.3. The van der Waals surface area contributed by atoms with Crippen LogP contribution in [0.4, 0.5) is 0 Å². The van der Waals surface area contributed by atoms with E-state index in [9.17, 15) is 9.59 Å². The highest BCUT2D eigenvalue weighted by Gasteiger charge is 2.12. The molecule has 1 aromatic carbocycles. The van der Waals surface area contributed by atoms with E-state index in [0.29, 0.717) is 22.7 Å². The third kappa shape index (κ3) is 3.01. The molecular formula is C15H12ClN3O3. The smallest absolute Gasteiger partial charge is 0.408 e. The molecule has 7 heteroatoms. The summed E-state index contributed by atoms with van der Waals surface area (Å²) < 4.78 is 6.34. The van der Waals surface area contributed by atoms with E-state index in [1.165, 1.54) is 4.57 Å². The van der Waals surface area contributed by atoms with Gasteiger partial charge in [-0.1, -0.05) is 17.7 Å². The van der Waals surface area contributed by atoms with Gasteiger partial charge in [0.15, 0.2) is 5.58 Å². The Morgan fingerprint density at radius 3 is 2.95 bits per heavy atom. The van der Waals surface area contributed by atoms with Gasteiger partial charge in [-0.25, -0.2) is 4.79 Å². The minimum absolute atomic E-state index is 0.125. The maximum atomic E-state index is 12.0. The topological polar surface area (TPSA) is 77.1 Å². The van der Waals surface area contributed by atoms with Crippen LogP contribution in [-0.4, -0.2) is 15.5 Å². The molecule has 3 aromatic rings. The van der Waals surface area contributed by atoms with Crippen LogP contribution in [0.3, 0.4) is 0 Å². The summed E-state index contributed by atoms with van der Waals surface area (Å²) in [5, 5.41) is 3.18. The second-order valence-electron chi connectivity index (χ2n) is 4.66. The minimum atomic E-state index is -0.592. The van der Waals surface area contributed by atoms with Crippen LogP contribution in [0.1, 0.15) is 5.69 Å². The number of nitrogens with zero attached hydrogens (tertiary/aromatic N) is 2. The van der Waals surface area contributed by atoms with Gasteiger partial charge in [-0.2, -0.15) is 0 Å². The molecule has 0 unspecified atom stereocenters. The van der Waals surface area contributed by atoms with Crippen molar-refractivity contribution in [1.29, 1.82) is 0 Å². The number of halogens is 1. The summed E-state index contributed by atoms with van der Waals surface area (Å²) in [6.07, 6.45) is 1.65. The molecule has 0 aliphatic rings. The Morgan fingerprint density at radius 2 is 2.18 bits per heavy atom. The van der Waals surface area contributed by atoms with E-state index in [4.69, 9.17) is 16.0 Å². The standard InChI is InChI=1S/C15H12ClN3O3/c16-10-4-5-12-13(7-10)22-15(21)19(12)9-14(20)18-8-11-3-1-2-6-17-11/h1-7H,8-9H2,(H,18,20). The highest BCUT2D eigenvalue weighted by atomic mass is 35.5. The predicted octanol–water partition coefficient (Wildman–Crippen LogP) is 1.96. The van der Waals surface area contributed by atoms with Gasteiger partial charge in [0.25, 0.3) is 0 Å². The van der Waals surface area contributed by atoms with Gasteiger partial charge < -0.3 is 9.73 Å². The fraction of sp³-hybridized carbons (Fsp3) is 0.133. The summed E-state index contributed by atoms with van der Waals surface area (Å²) >= 11 is 5.85. The van der Waals surface area contributed by atoms with Gasteiger partial charge in [-0.15, -0.1) is 0 Å². The van der Waals surface area contributed by atoms with Crippen molar-refractivity contribution in [3.63, 3.8) is 0 Å². The van der Waals surface area contributed by atoms with Crippen molar-refractivity contribution in [2.75, 3.05) is 0 Å². The SMILES string of the molecule is O=C(Cn1c(=O)oc2cc(Cl)ccc21)NCc1ccccn1. The van der Waals surface area contributed by atoms with Crippen LogP contribution >= 0.6 is 11.6 Å². The number of oxazole rings is 1. The van der Waals surface area contributed by atoms with Crippen molar-refractivity contribution in [3.05, 3.63) is 63.9 Å². The lowest BCUT2D eigenvalue weighted by Crippen LogP contribution is -2.30. The van der Waals surface area contributed by atoms with Gasteiger partial charge in [0.1, 0.15) is 6.54 Å². The van der Waals surface area contributed by atoms with E-state index >= 15 is 0 Å². The molecule has 0 bridgehead atoms. The number of nitrogens with one attached hydrogen (secondary N) is 1. The lowest BCUT2D eigenvalue weighted by atomic mass is 10.3. The van der Waals surface area contributed by atoms with E-state index in [1.807, 2.05) is 12.1 Å². The third-order valence-electron chi connectivity index (χ3n) is 3.12. The van der Waals surface area contributed by atoms with Crippen molar-refractivity contribution < 1.29 is 9.21 Å². The summed E-state index contributed by atoms with van der Waals surface area (Å²) in [5.74, 6) is -0.893. The van der Waals surface area contributed by atoms with E-state index in [1.54, 1.807) is 30.5 Å². The zero-order chi connectivity index (χ0) is 15.5. The molecule has 0 atom stereocenters. The molecule has 2 heterocycles. The first kappa shape index (κ1) is 14.3. The van der Waals surface area contributed by atoms with Crippen LogP contribution < -0.4 is 11.1 Å². The normalized spacial score (nSPS) is 10.8. The number of benzene rings is 1. The largest absolute Gasteiger partial charge is 0.420 e. The van der Waals surface area contributed by atoms with Gasteiger partial charge in [0.05, 0.1) is 17.8 Å². The molecule has 1 N–H and O–H groups in total. The molecule has 0 fully saturated rings. The number of carbonyl (C=O) groups excluding carboxylic acids is 1. The first-order valence-corrected chi connectivity index (χ1v) is 6.97. The maximum Gasteiger partial charge on any atom is 0.420 e. The Hall–Kier alpha value is -2.60. The number of hydrogen-bond acceptors (Lipinski definition) is 4. The minimum Gasteiger partial charge on any atom is -0.408 e. The quantitative estimate of drug-likeness (QED) is 0.798. The van der Waals surface area contributed by atoms with Gasteiger partial charge in [0.2, 0.25) is 5.91 Å².